The quantitative estimate of drug-likeness (QED) is 0.640. The van der Waals surface area contributed by atoms with Crippen LogP contribution >= 0.6 is 0 Å². The van der Waals surface area contributed by atoms with Crippen LogP contribution in [-0.4, -0.2) is 18.4 Å². The van der Waals surface area contributed by atoms with Crippen molar-refractivity contribution in [2.24, 2.45) is 5.10 Å². The largest absolute Gasteiger partial charge is 0.504 e. The van der Waals surface area contributed by atoms with Crippen molar-refractivity contribution in [2.75, 3.05) is 12.5 Å². The number of methoxy groups -OCH3 is 1. The zero-order valence-corrected chi connectivity index (χ0v) is 10.00. The van der Waals surface area contributed by atoms with E-state index in [1.54, 1.807) is 18.3 Å². The molecule has 4 heteroatoms. The second-order valence-electron chi connectivity index (χ2n) is 3.67. The molecule has 0 spiro atoms. The van der Waals surface area contributed by atoms with Gasteiger partial charge in [-0.15, -0.1) is 0 Å². The number of phenols is 1. The average molecular weight is 242 g/mol. The van der Waals surface area contributed by atoms with Crippen LogP contribution in [0.4, 0.5) is 5.69 Å². The van der Waals surface area contributed by atoms with Crippen molar-refractivity contribution < 1.29 is 9.84 Å². The Balaban J connectivity index is 2.03. The van der Waals surface area contributed by atoms with Gasteiger partial charge in [-0.1, -0.05) is 18.2 Å². The summed E-state index contributed by atoms with van der Waals surface area (Å²) in [6, 6.07) is 14.7. The zero-order valence-electron chi connectivity index (χ0n) is 10.00. The molecule has 0 aliphatic rings. The van der Waals surface area contributed by atoms with Gasteiger partial charge in [0.15, 0.2) is 11.5 Å². The van der Waals surface area contributed by atoms with Crippen LogP contribution in [-0.2, 0) is 0 Å². The second kappa shape index (κ2) is 5.72. The van der Waals surface area contributed by atoms with Gasteiger partial charge < -0.3 is 9.84 Å². The number of aromatic hydroxyl groups is 1. The van der Waals surface area contributed by atoms with Crippen molar-refractivity contribution in [3.8, 4) is 11.5 Å². The molecule has 0 saturated heterocycles. The number of ether oxygens (including phenoxy) is 1. The molecule has 0 amide bonds. The fraction of sp³-hybridized carbons (Fsp3) is 0.0714. The smallest absolute Gasteiger partial charge is 0.160 e. The first-order chi connectivity index (χ1) is 8.79. The molecule has 2 N–H and O–H groups in total. The van der Waals surface area contributed by atoms with E-state index in [1.807, 2.05) is 36.4 Å². The fourth-order valence-corrected chi connectivity index (χ4v) is 1.48. The number of nitrogens with one attached hydrogen (secondary N) is 1. The molecule has 0 saturated carbocycles. The molecule has 4 nitrogen and oxygen atoms in total. The number of hydrogen-bond acceptors (Lipinski definition) is 4. The standard InChI is InChI=1S/C14H14N2O2/c1-18-14-8-7-11(9-13(14)17)10-15-16-12-5-3-2-4-6-12/h2-10,16-17H,1H3/b15-10+. The van der Waals surface area contributed by atoms with Crippen LogP contribution in [0.25, 0.3) is 0 Å². The summed E-state index contributed by atoms with van der Waals surface area (Å²) >= 11 is 0. The molecule has 0 heterocycles. The van der Waals surface area contributed by atoms with Gasteiger partial charge in [-0.3, -0.25) is 5.43 Å². The van der Waals surface area contributed by atoms with Gasteiger partial charge in [0, 0.05) is 0 Å². The van der Waals surface area contributed by atoms with E-state index in [0.29, 0.717) is 5.75 Å². The molecule has 0 unspecified atom stereocenters. The fourth-order valence-electron chi connectivity index (χ4n) is 1.48. The van der Waals surface area contributed by atoms with E-state index in [-0.39, 0.29) is 5.75 Å². The first kappa shape index (κ1) is 12.0. The third-order valence-electron chi connectivity index (χ3n) is 2.38. The van der Waals surface area contributed by atoms with Gasteiger partial charge in [-0.2, -0.15) is 5.10 Å². The number of anilines is 1. The van der Waals surface area contributed by atoms with Crippen LogP contribution in [0.3, 0.4) is 0 Å². The zero-order chi connectivity index (χ0) is 12.8. The lowest BCUT2D eigenvalue weighted by molar-refractivity contribution is 0.373. The minimum Gasteiger partial charge on any atom is -0.504 e. The number of nitrogens with zero attached hydrogens (tertiary/aromatic N) is 1. The van der Waals surface area contributed by atoms with Gasteiger partial charge in [-0.25, -0.2) is 0 Å². The normalized spacial score (nSPS) is 10.5. The van der Waals surface area contributed by atoms with Crippen molar-refractivity contribution in [1.82, 2.24) is 0 Å². The molecular weight excluding hydrogens is 228 g/mol. The predicted molar refractivity (Wildman–Crippen MR) is 72.3 cm³/mol. The topological polar surface area (TPSA) is 53.8 Å². The second-order valence-corrected chi connectivity index (χ2v) is 3.67. The molecule has 2 aromatic carbocycles. The van der Waals surface area contributed by atoms with E-state index in [4.69, 9.17) is 4.74 Å². The molecule has 0 aromatic heterocycles. The van der Waals surface area contributed by atoms with Crippen molar-refractivity contribution >= 4 is 11.9 Å². The first-order valence-electron chi connectivity index (χ1n) is 5.51. The Labute approximate surface area is 106 Å². The number of benzene rings is 2. The van der Waals surface area contributed by atoms with Crippen LogP contribution in [0, 0.1) is 0 Å². The minimum atomic E-state index is 0.0983. The maximum Gasteiger partial charge on any atom is 0.160 e. The lowest BCUT2D eigenvalue weighted by atomic mass is 10.2. The lowest BCUT2D eigenvalue weighted by Gasteiger charge is -2.03. The van der Waals surface area contributed by atoms with Crippen LogP contribution in [0.15, 0.2) is 53.6 Å². The minimum absolute atomic E-state index is 0.0983. The molecule has 0 fully saturated rings. The van der Waals surface area contributed by atoms with Crippen molar-refractivity contribution in [3.63, 3.8) is 0 Å². The molecule has 18 heavy (non-hydrogen) atoms. The van der Waals surface area contributed by atoms with E-state index in [9.17, 15) is 5.11 Å². The van der Waals surface area contributed by atoms with Crippen molar-refractivity contribution in [2.45, 2.75) is 0 Å². The summed E-state index contributed by atoms with van der Waals surface area (Å²) in [5.74, 6) is 0.546. The molecule has 0 bridgehead atoms. The van der Waals surface area contributed by atoms with Crippen molar-refractivity contribution in [3.05, 3.63) is 54.1 Å². The highest BCUT2D eigenvalue weighted by molar-refractivity contribution is 5.81. The molecule has 0 aliphatic heterocycles. The monoisotopic (exact) mass is 242 g/mol. The molecule has 0 atom stereocenters. The number of hydrazone groups is 1. The van der Waals surface area contributed by atoms with E-state index >= 15 is 0 Å². The highest BCUT2D eigenvalue weighted by Crippen LogP contribution is 2.25. The van der Waals surface area contributed by atoms with Crippen molar-refractivity contribution in [1.29, 1.82) is 0 Å². The molecule has 0 aliphatic carbocycles. The Bertz CT molecular complexity index is 539. The molecule has 2 rings (SSSR count). The van der Waals surface area contributed by atoms with Gasteiger partial charge in [0.25, 0.3) is 0 Å². The van der Waals surface area contributed by atoms with E-state index in [1.165, 1.54) is 7.11 Å². The number of rotatable bonds is 4. The lowest BCUT2D eigenvalue weighted by Crippen LogP contribution is -1.91. The molecular formula is C14H14N2O2. The van der Waals surface area contributed by atoms with Gasteiger partial charge in [-0.05, 0) is 35.9 Å². The number of hydrogen-bond donors (Lipinski definition) is 2. The van der Waals surface area contributed by atoms with Crippen LogP contribution in [0.2, 0.25) is 0 Å². The third-order valence-corrected chi connectivity index (χ3v) is 2.38. The average Bonchev–Trinajstić information content (AvgIpc) is 2.40. The first-order valence-corrected chi connectivity index (χ1v) is 5.51. The summed E-state index contributed by atoms with van der Waals surface area (Å²) in [7, 11) is 1.51. The Morgan fingerprint density at radius 1 is 1.17 bits per heavy atom. The molecule has 2 aromatic rings. The van der Waals surface area contributed by atoms with Crippen LogP contribution in [0.5, 0.6) is 11.5 Å². The Morgan fingerprint density at radius 2 is 1.94 bits per heavy atom. The summed E-state index contributed by atoms with van der Waals surface area (Å²) < 4.78 is 4.96. The summed E-state index contributed by atoms with van der Waals surface area (Å²) in [6.45, 7) is 0. The number of phenolic OH excluding ortho intramolecular Hbond substituents is 1. The highest BCUT2D eigenvalue weighted by Gasteiger charge is 2.00. The Kier molecular flexibility index (Phi) is 3.81. The molecule has 0 radical (unpaired) electrons. The Morgan fingerprint density at radius 3 is 2.61 bits per heavy atom. The van der Waals surface area contributed by atoms with Gasteiger partial charge in [0.05, 0.1) is 19.0 Å². The summed E-state index contributed by atoms with van der Waals surface area (Å²) in [5, 5.41) is 13.7. The van der Waals surface area contributed by atoms with Gasteiger partial charge >= 0.3 is 0 Å². The van der Waals surface area contributed by atoms with E-state index in [0.717, 1.165) is 11.3 Å². The summed E-state index contributed by atoms with van der Waals surface area (Å²) in [5.41, 5.74) is 4.60. The number of para-hydroxylation sites is 1. The molecule has 92 valence electrons. The maximum atomic E-state index is 9.60. The Hall–Kier alpha value is -2.49. The van der Waals surface area contributed by atoms with Gasteiger partial charge in [0.1, 0.15) is 0 Å². The predicted octanol–water partition coefficient (Wildman–Crippen LogP) is 2.85. The van der Waals surface area contributed by atoms with E-state index in [2.05, 4.69) is 10.5 Å². The maximum absolute atomic E-state index is 9.60. The van der Waals surface area contributed by atoms with E-state index < -0.39 is 0 Å². The summed E-state index contributed by atoms with van der Waals surface area (Å²) in [4.78, 5) is 0. The van der Waals surface area contributed by atoms with Gasteiger partial charge in [0.2, 0.25) is 0 Å². The van der Waals surface area contributed by atoms with Crippen LogP contribution in [0.1, 0.15) is 5.56 Å². The summed E-state index contributed by atoms with van der Waals surface area (Å²) in [6.07, 6.45) is 1.63. The highest BCUT2D eigenvalue weighted by atomic mass is 16.5. The third kappa shape index (κ3) is 3.01. The van der Waals surface area contributed by atoms with Crippen LogP contribution < -0.4 is 10.2 Å². The SMILES string of the molecule is COc1ccc(/C=N/Nc2ccccc2)cc1O.